The molecule has 4 rings (SSSR count). The molecule has 0 heterocycles. The lowest BCUT2D eigenvalue weighted by Gasteiger charge is -2.53. The Morgan fingerprint density at radius 1 is 1.07 bits per heavy atom. The van der Waals surface area contributed by atoms with E-state index in [-0.39, 0.29) is 30.9 Å². The predicted molar refractivity (Wildman–Crippen MR) is 95.1 cm³/mol. The fraction of sp³-hybridized carbons (Fsp3) is 0.455. The van der Waals surface area contributed by atoms with Gasteiger partial charge in [0.15, 0.2) is 11.4 Å². The summed E-state index contributed by atoms with van der Waals surface area (Å²) in [6.45, 7) is 0. The molecule has 1 saturated carbocycles. The molecule has 27 heavy (non-hydrogen) atoms. The Bertz CT molecular complexity index is 833. The molecule has 0 aromatic heterocycles. The number of hydrogen-bond donors (Lipinski definition) is 1. The van der Waals surface area contributed by atoms with E-state index < -0.39 is 17.2 Å². The highest BCUT2D eigenvalue weighted by atomic mass is 19.4. The van der Waals surface area contributed by atoms with Gasteiger partial charge in [0.25, 0.3) is 0 Å². The predicted octanol–water partition coefficient (Wildman–Crippen LogP) is 5.35. The second-order valence-electron chi connectivity index (χ2n) is 8.11. The van der Waals surface area contributed by atoms with Crippen LogP contribution in [0.25, 0.3) is 0 Å². The van der Waals surface area contributed by atoms with Crippen LogP contribution in [0.2, 0.25) is 0 Å². The van der Waals surface area contributed by atoms with Crippen LogP contribution in [0.3, 0.4) is 0 Å². The normalized spacial score (nSPS) is 30.4. The minimum atomic E-state index is -4.62. The van der Waals surface area contributed by atoms with Crippen LogP contribution in [0.15, 0.2) is 48.5 Å². The van der Waals surface area contributed by atoms with E-state index >= 15 is 0 Å². The van der Waals surface area contributed by atoms with Gasteiger partial charge in [-0.3, -0.25) is 5.11 Å². The number of aryl methyl sites for hydroxylation is 1. The minimum absolute atomic E-state index is 0.0651. The van der Waals surface area contributed by atoms with E-state index in [1.54, 1.807) is 6.07 Å². The van der Waals surface area contributed by atoms with Gasteiger partial charge in [0, 0.05) is 5.41 Å². The van der Waals surface area contributed by atoms with Crippen molar-refractivity contribution in [1.29, 1.82) is 0 Å². The van der Waals surface area contributed by atoms with E-state index in [2.05, 4.69) is 0 Å². The lowest BCUT2D eigenvalue weighted by molar-refractivity contribution is -0.279. The average molecular weight is 375 g/mol. The highest BCUT2D eigenvalue weighted by Crippen LogP contribution is 2.57. The van der Waals surface area contributed by atoms with Gasteiger partial charge < -0.3 is 5.11 Å². The van der Waals surface area contributed by atoms with Gasteiger partial charge in [0.2, 0.25) is 0 Å². The fourth-order valence-electron chi connectivity index (χ4n) is 5.21. The summed E-state index contributed by atoms with van der Waals surface area (Å²) in [6.07, 6.45) is -3.18. The summed E-state index contributed by atoms with van der Waals surface area (Å²) in [6, 6.07) is 14.7. The van der Waals surface area contributed by atoms with Crippen molar-refractivity contribution in [3.05, 3.63) is 65.2 Å². The molecule has 143 valence electrons. The molecule has 2 aliphatic carbocycles. The SMILES string of the molecule is [O]c1ccc2c(c1)CCC1CC(O)(C(F)(F)F)CCC21Cc1ccccc1. The summed E-state index contributed by atoms with van der Waals surface area (Å²) in [4.78, 5) is 0. The summed E-state index contributed by atoms with van der Waals surface area (Å²) in [7, 11) is 0. The van der Waals surface area contributed by atoms with Gasteiger partial charge >= 0.3 is 6.18 Å². The zero-order chi connectivity index (χ0) is 19.3. The molecule has 2 aromatic carbocycles. The van der Waals surface area contributed by atoms with Gasteiger partial charge in [-0.25, -0.2) is 0 Å². The molecule has 1 fully saturated rings. The molecule has 2 aliphatic rings. The Balaban J connectivity index is 1.79. The standard InChI is InChI=1S/C22H22F3O2/c23-22(24,25)21(27)11-10-20(13-15-4-2-1-3-5-15)17(14-21)7-6-16-12-18(26)8-9-19(16)20/h1-5,8-9,12,17,27H,6-7,10-11,13-14H2. The number of fused-ring (bicyclic) bond motifs is 3. The number of alkyl halides is 3. The van der Waals surface area contributed by atoms with Gasteiger partial charge in [-0.15, -0.1) is 0 Å². The van der Waals surface area contributed by atoms with E-state index in [9.17, 15) is 23.4 Å². The Morgan fingerprint density at radius 3 is 2.52 bits per heavy atom. The molecule has 0 amide bonds. The number of hydrogen-bond acceptors (Lipinski definition) is 1. The van der Waals surface area contributed by atoms with Crippen molar-refractivity contribution in [3.8, 4) is 5.75 Å². The molecular weight excluding hydrogens is 353 g/mol. The van der Waals surface area contributed by atoms with E-state index in [4.69, 9.17) is 0 Å². The second kappa shape index (κ2) is 6.26. The van der Waals surface area contributed by atoms with Gasteiger partial charge in [-0.1, -0.05) is 36.4 Å². The zero-order valence-electron chi connectivity index (χ0n) is 14.9. The van der Waals surface area contributed by atoms with Crippen LogP contribution < -0.4 is 0 Å². The Labute approximate surface area is 156 Å². The number of rotatable bonds is 2. The van der Waals surface area contributed by atoms with Crippen molar-refractivity contribution < 1.29 is 23.4 Å². The maximum Gasteiger partial charge on any atom is 0.417 e. The van der Waals surface area contributed by atoms with E-state index in [0.29, 0.717) is 19.3 Å². The van der Waals surface area contributed by atoms with Crippen molar-refractivity contribution in [2.24, 2.45) is 5.92 Å². The van der Waals surface area contributed by atoms with Crippen molar-refractivity contribution >= 4 is 0 Å². The van der Waals surface area contributed by atoms with Gasteiger partial charge in [0.05, 0.1) is 0 Å². The molecule has 2 aromatic rings. The third kappa shape index (κ3) is 3.02. The molecule has 0 aliphatic heterocycles. The van der Waals surface area contributed by atoms with Crippen molar-refractivity contribution in [2.45, 2.75) is 55.7 Å². The smallest absolute Gasteiger partial charge is 0.380 e. The first kappa shape index (κ1) is 18.4. The van der Waals surface area contributed by atoms with Crippen LogP contribution in [0, 0.1) is 5.92 Å². The summed E-state index contributed by atoms with van der Waals surface area (Å²) in [5.41, 5.74) is -0.0777. The van der Waals surface area contributed by atoms with Crippen LogP contribution in [0.5, 0.6) is 5.75 Å². The summed E-state index contributed by atoms with van der Waals surface area (Å²) >= 11 is 0. The molecule has 0 bridgehead atoms. The topological polar surface area (TPSA) is 40.1 Å². The first-order valence-corrected chi connectivity index (χ1v) is 9.37. The second-order valence-corrected chi connectivity index (χ2v) is 8.11. The Morgan fingerprint density at radius 2 is 1.81 bits per heavy atom. The molecule has 5 heteroatoms. The average Bonchev–Trinajstić information content (AvgIpc) is 2.62. The van der Waals surface area contributed by atoms with E-state index in [0.717, 1.165) is 16.7 Å². The maximum atomic E-state index is 13.5. The highest BCUT2D eigenvalue weighted by molar-refractivity contribution is 5.44. The summed E-state index contributed by atoms with van der Waals surface area (Å²) < 4.78 is 40.5. The quantitative estimate of drug-likeness (QED) is 0.755. The van der Waals surface area contributed by atoms with Crippen LogP contribution >= 0.6 is 0 Å². The van der Waals surface area contributed by atoms with Gasteiger partial charge in [0.1, 0.15) is 0 Å². The van der Waals surface area contributed by atoms with Crippen LogP contribution in [-0.2, 0) is 23.4 Å². The lowest BCUT2D eigenvalue weighted by atomic mass is 9.52. The van der Waals surface area contributed by atoms with Gasteiger partial charge in [-0.2, -0.15) is 13.2 Å². The third-order valence-corrected chi connectivity index (χ3v) is 6.62. The number of halogens is 3. The Hall–Kier alpha value is -2.01. The first-order valence-electron chi connectivity index (χ1n) is 9.37. The zero-order valence-corrected chi connectivity index (χ0v) is 14.9. The molecular formula is C22H22F3O2. The fourth-order valence-corrected chi connectivity index (χ4v) is 5.21. The van der Waals surface area contributed by atoms with Crippen LogP contribution in [0.4, 0.5) is 13.2 Å². The summed E-state index contributed by atoms with van der Waals surface area (Å²) in [5.74, 6) is -0.340. The highest BCUT2D eigenvalue weighted by Gasteiger charge is 2.61. The van der Waals surface area contributed by atoms with E-state index in [1.165, 1.54) is 6.07 Å². The van der Waals surface area contributed by atoms with Crippen molar-refractivity contribution in [2.75, 3.05) is 0 Å². The first-order chi connectivity index (χ1) is 12.7. The molecule has 2 nitrogen and oxygen atoms in total. The van der Waals surface area contributed by atoms with Crippen molar-refractivity contribution in [1.82, 2.24) is 0 Å². The molecule has 0 spiro atoms. The molecule has 3 unspecified atom stereocenters. The van der Waals surface area contributed by atoms with Gasteiger partial charge in [-0.05, 0) is 73.3 Å². The largest absolute Gasteiger partial charge is 0.417 e. The summed E-state index contributed by atoms with van der Waals surface area (Å²) in [5, 5.41) is 22.2. The minimum Gasteiger partial charge on any atom is -0.380 e. The monoisotopic (exact) mass is 375 g/mol. The third-order valence-electron chi connectivity index (χ3n) is 6.62. The Kier molecular flexibility index (Phi) is 4.26. The van der Waals surface area contributed by atoms with Crippen molar-refractivity contribution in [3.63, 3.8) is 0 Å². The van der Waals surface area contributed by atoms with E-state index in [1.807, 2.05) is 36.4 Å². The van der Waals surface area contributed by atoms with Crippen LogP contribution in [-0.4, -0.2) is 16.9 Å². The molecule has 0 saturated heterocycles. The van der Waals surface area contributed by atoms with Crippen LogP contribution in [0.1, 0.15) is 42.4 Å². The number of benzene rings is 2. The molecule has 1 N–H and O–H groups in total. The molecule has 3 atom stereocenters. The number of aliphatic hydroxyl groups is 1. The molecule has 1 radical (unpaired) electrons. The maximum absolute atomic E-state index is 13.5. The lowest BCUT2D eigenvalue weighted by Crippen LogP contribution is -2.56.